The van der Waals surface area contributed by atoms with Crippen molar-refractivity contribution >= 4 is 0 Å². The Hall–Kier alpha value is -1.53. The monoisotopic (exact) mass is 244 g/mol. The van der Waals surface area contributed by atoms with Crippen LogP contribution in [-0.4, -0.2) is 0 Å². The molecule has 0 aromatic heterocycles. The van der Waals surface area contributed by atoms with Crippen molar-refractivity contribution in [3.05, 3.63) is 5.92 Å². The van der Waals surface area contributed by atoms with Crippen molar-refractivity contribution in [2.75, 3.05) is 0 Å². The molecule has 0 amide bonds. The average Bonchev–Trinajstić information content (AvgIpc) is 2.37. The number of hydrogen-bond acceptors (Lipinski definition) is 3. The van der Waals surface area contributed by atoms with Crippen LogP contribution >= 0.6 is 0 Å². The Balaban J connectivity index is 3.97. The van der Waals surface area contributed by atoms with E-state index in [1.807, 2.05) is 0 Å². The van der Waals surface area contributed by atoms with Crippen LogP contribution in [0.5, 0.6) is 0 Å². The maximum absolute atomic E-state index is 8.76. The smallest absolute Gasteiger partial charge is 0.0624 e. The fourth-order valence-corrected chi connectivity index (χ4v) is 2.01. The second-order valence-corrected chi connectivity index (χ2v) is 4.65. The maximum Gasteiger partial charge on any atom is 0.0624 e. The summed E-state index contributed by atoms with van der Waals surface area (Å²) in [6.45, 7) is 2.10. The van der Waals surface area contributed by atoms with Gasteiger partial charge in [0.2, 0.25) is 0 Å². The molecule has 0 aliphatic rings. The maximum atomic E-state index is 8.76. The molecule has 0 spiro atoms. The van der Waals surface area contributed by atoms with E-state index < -0.39 is 0 Å². The van der Waals surface area contributed by atoms with E-state index >= 15 is 0 Å². The number of rotatable bonds is 10. The van der Waals surface area contributed by atoms with E-state index in [0.717, 1.165) is 38.5 Å². The Labute approximate surface area is 111 Å². The highest BCUT2D eigenvalue weighted by Crippen LogP contribution is 2.29. The zero-order valence-electron chi connectivity index (χ0n) is 11.3. The van der Waals surface area contributed by atoms with Gasteiger partial charge in [-0.25, -0.2) is 0 Å². The van der Waals surface area contributed by atoms with Gasteiger partial charge in [-0.2, -0.15) is 15.8 Å². The average molecular weight is 244 g/mol. The topological polar surface area (TPSA) is 71.4 Å². The van der Waals surface area contributed by atoms with Gasteiger partial charge in [-0.05, 0) is 37.5 Å². The highest BCUT2D eigenvalue weighted by molar-refractivity contribution is 4.98. The van der Waals surface area contributed by atoms with E-state index in [9.17, 15) is 0 Å². The van der Waals surface area contributed by atoms with Crippen molar-refractivity contribution < 1.29 is 0 Å². The minimum atomic E-state index is 0.346. The van der Waals surface area contributed by atoms with Gasteiger partial charge >= 0.3 is 0 Å². The van der Waals surface area contributed by atoms with Crippen LogP contribution in [0.15, 0.2) is 0 Å². The Morgan fingerprint density at radius 1 is 0.833 bits per heavy atom. The quantitative estimate of drug-likeness (QED) is 0.538. The molecule has 3 heteroatoms. The zero-order valence-corrected chi connectivity index (χ0v) is 11.3. The lowest BCUT2D eigenvalue weighted by Crippen LogP contribution is -2.09. The van der Waals surface area contributed by atoms with Gasteiger partial charge in [0.05, 0.1) is 18.2 Å². The normalized spacial score (nSPS) is 11.5. The Morgan fingerprint density at radius 2 is 1.33 bits per heavy atom. The first kappa shape index (κ1) is 16.5. The standard InChI is InChI=1S/C15H22N3/c1-14(10-13-18)15(8-4-2-6-11-16)9-5-3-7-12-17/h14H,2-10H2,1H3. The molecule has 97 valence electrons. The summed E-state index contributed by atoms with van der Waals surface area (Å²) >= 11 is 0. The largest absolute Gasteiger partial charge is 0.198 e. The van der Waals surface area contributed by atoms with Gasteiger partial charge < -0.3 is 0 Å². The van der Waals surface area contributed by atoms with Crippen LogP contribution in [0.3, 0.4) is 0 Å². The summed E-state index contributed by atoms with van der Waals surface area (Å²) in [6.07, 6.45) is 7.82. The first-order valence-electron chi connectivity index (χ1n) is 6.71. The van der Waals surface area contributed by atoms with Crippen LogP contribution in [0.4, 0.5) is 0 Å². The molecule has 0 bridgehead atoms. The second-order valence-electron chi connectivity index (χ2n) is 4.65. The first-order valence-corrected chi connectivity index (χ1v) is 6.71. The van der Waals surface area contributed by atoms with Gasteiger partial charge in [-0.1, -0.05) is 19.8 Å². The third-order valence-electron chi connectivity index (χ3n) is 3.17. The summed E-state index contributed by atoms with van der Waals surface area (Å²) in [7, 11) is 0. The first-order chi connectivity index (χ1) is 8.76. The molecule has 0 aliphatic carbocycles. The molecule has 0 aromatic rings. The molecule has 3 nitrogen and oxygen atoms in total. The second kappa shape index (κ2) is 11.9. The molecule has 0 fully saturated rings. The molecular weight excluding hydrogens is 222 g/mol. The number of nitriles is 3. The zero-order chi connectivity index (χ0) is 13.6. The van der Waals surface area contributed by atoms with Crippen LogP contribution in [0, 0.1) is 45.8 Å². The van der Waals surface area contributed by atoms with Gasteiger partial charge in [-0.15, -0.1) is 0 Å². The summed E-state index contributed by atoms with van der Waals surface area (Å²) in [4.78, 5) is 0. The van der Waals surface area contributed by atoms with Crippen molar-refractivity contribution in [2.24, 2.45) is 5.92 Å². The van der Waals surface area contributed by atoms with Gasteiger partial charge in [0.1, 0.15) is 0 Å². The van der Waals surface area contributed by atoms with Crippen LogP contribution in [0.2, 0.25) is 0 Å². The molecule has 1 atom stereocenters. The number of unbranched alkanes of at least 4 members (excludes halogenated alkanes) is 4. The Kier molecular flexibility index (Phi) is 10.9. The Bertz CT molecular complexity index is 294. The van der Waals surface area contributed by atoms with Crippen molar-refractivity contribution in [1.29, 1.82) is 15.8 Å². The van der Waals surface area contributed by atoms with Crippen LogP contribution in [-0.2, 0) is 0 Å². The summed E-state index contributed by atoms with van der Waals surface area (Å²) in [5, 5.41) is 25.7. The van der Waals surface area contributed by atoms with E-state index in [1.54, 1.807) is 0 Å². The van der Waals surface area contributed by atoms with E-state index in [0.29, 0.717) is 25.2 Å². The highest BCUT2D eigenvalue weighted by atomic mass is 14.3. The fraction of sp³-hybridized carbons (Fsp3) is 0.733. The predicted molar refractivity (Wildman–Crippen MR) is 70.8 cm³/mol. The minimum absolute atomic E-state index is 0.346. The van der Waals surface area contributed by atoms with Crippen LogP contribution in [0.25, 0.3) is 0 Å². The molecule has 0 N–H and O–H groups in total. The molecule has 0 heterocycles. The number of nitrogens with zero attached hydrogens (tertiary/aromatic N) is 3. The van der Waals surface area contributed by atoms with E-state index in [-0.39, 0.29) is 0 Å². The molecule has 1 radical (unpaired) electrons. The van der Waals surface area contributed by atoms with Gasteiger partial charge in [0.25, 0.3) is 0 Å². The molecular formula is C15H22N3. The Morgan fingerprint density at radius 3 is 1.72 bits per heavy atom. The summed E-state index contributed by atoms with van der Waals surface area (Å²) in [6, 6.07) is 6.54. The van der Waals surface area contributed by atoms with Gasteiger partial charge in [0.15, 0.2) is 0 Å². The van der Waals surface area contributed by atoms with Crippen molar-refractivity contribution in [2.45, 2.75) is 64.7 Å². The van der Waals surface area contributed by atoms with E-state index in [4.69, 9.17) is 15.8 Å². The van der Waals surface area contributed by atoms with E-state index in [1.165, 1.54) is 5.92 Å². The lowest BCUT2D eigenvalue weighted by molar-refractivity contribution is 0.488. The molecule has 0 aromatic carbocycles. The number of hydrogen-bond donors (Lipinski definition) is 0. The van der Waals surface area contributed by atoms with Gasteiger partial charge in [-0.3, -0.25) is 0 Å². The lowest BCUT2D eigenvalue weighted by atomic mass is 9.83. The van der Waals surface area contributed by atoms with Crippen LogP contribution in [0.1, 0.15) is 64.7 Å². The third kappa shape index (κ3) is 8.60. The SMILES string of the molecule is CC(CC#N)[C](CCCCC#N)CCCCC#N. The molecule has 0 rings (SSSR count). The minimum Gasteiger partial charge on any atom is -0.198 e. The predicted octanol–water partition coefficient (Wildman–Crippen LogP) is 4.28. The molecule has 1 unspecified atom stereocenters. The molecule has 18 heavy (non-hydrogen) atoms. The van der Waals surface area contributed by atoms with Crippen molar-refractivity contribution in [3.8, 4) is 18.2 Å². The summed E-state index contributed by atoms with van der Waals surface area (Å²) in [5.74, 6) is 1.78. The van der Waals surface area contributed by atoms with Gasteiger partial charge in [0, 0.05) is 19.3 Å². The van der Waals surface area contributed by atoms with Crippen molar-refractivity contribution in [3.63, 3.8) is 0 Å². The summed E-state index contributed by atoms with van der Waals surface area (Å²) in [5.41, 5.74) is 0. The van der Waals surface area contributed by atoms with Crippen molar-refractivity contribution in [1.82, 2.24) is 0 Å². The molecule has 0 saturated heterocycles. The highest BCUT2D eigenvalue weighted by Gasteiger charge is 2.16. The summed E-state index contributed by atoms with van der Waals surface area (Å²) < 4.78 is 0. The third-order valence-corrected chi connectivity index (χ3v) is 3.17. The fourth-order valence-electron chi connectivity index (χ4n) is 2.01. The molecule has 0 saturated carbocycles. The van der Waals surface area contributed by atoms with E-state index in [2.05, 4.69) is 25.1 Å². The molecule has 0 aliphatic heterocycles. The van der Waals surface area contributed by atoms with Crippen LogP contribution < -0.4 is 0 Å². The lowest BCUT2D eigenvalue weighted by Gasteiger charge is -2.21.